The van der Waals surface area contributed by atoms with Crippen molar-refractivity contribution in [3.8, 4) is 22.8 Å². The third-order valence-corrected chi connectivity index (χ3v) is 6.16. The number of hydrogen-bond acceptors (Lipinski definition) is 7. The van der Waals surface area contributed by atoms with Crippen molar-refractivity contribution in [2.75, 3.05) is 32.8 Å². The zero-order chi connectivity index (χ0) is 21.9. The Labute approximate surface area is 186 Å². The van der Waals surface area contributed by atoms with E-state index in [9.17, 15) is 4.79 Å². The number of nitrogens with zero attached hydrogens (tertiary/aromatic N) is 2. The van der Waals surface area contributed by atoms with E-state index in [1.165, 1.54) is 0 Å². The molecule has 2 aliphatic rings. The predicted octanol–water partition coefficient (Wildman–Crippen LogP) is 3.91. The molecule has 1 amide bonds. The summed E-state index contributed by atoms with van der Waals surface area (Å²) in [6.45, 7) is 5.74. The Morgan fingerprint density at radius 2 is 1.97 bits per heavy atom. The predicted molar refractivity (Wildman–Crippen MR) is 117 cm³/mol. The van der Waals surface area contributed by atoms with Crippen LogP contribution in [-0.2, 0) is 0 Å². The first-order chi connectivity index (χ1) is 15.7. The number of rotatable bonds is 6. The summed E-state index contributed by atoms with van der Waals surface area (Å²) in [5.41, 5.74) is 1.01. The molecule has 8 heteroatoms. The lowest BCUT2D eigenvalue weighted by Crippen LogP contribution is -2.41. The highest BCUT2D eigenvalue weighted by atomic mass is 16.6. The summed E-state index contributed by atoms with van der Waals surface area (Å²) in [6.07, 6.45) is 3.97. The maximum Gasteiger partial charge on any atom is 0.273 e. The third-order valence-electron chi connectivity index (χ3n) is 6.16. The first-order valence-electron chi connectivity index (χ1n) is 11.1. The van der Waals surface area contributed by atoms with Crippen molar-refractivity contribution in [2.45, 2.75) is 25.8 Å². The van der Waals surface area contributed by atoms with Gasteiger partial charge in [0, 0.05) is 18.2 Å². The molecule has 5 rings (SSSR count). The number of fused-ring (bicyclic) bond motifs is 1. The molecule has 1 fully saturated rings. The van der Waals surface area contributed by atoms with E-state index in [1.54, 1.807) is 12.3 Å². The number of likely N-dealkylation sites (tertiary alicyclic amines) is 1. The van der Waals surface area contributed by atoms with Crippen LogP contribution in [0.25, 0.3) is 11.3 Å². The maximum absolute atomic E-state index is 12.8. The number of ether oxygens (including phenoxy) is 2. The molecule has 2 aromatic heterocycles. The van der Waals surface area contributed by atoms with Crippen molar-refractivity contribution in [1.82, 2.24) is 15.4 Å². The topological polar surface area (TPSA) is 90.0 Å². The lowest BCUT2D eigenvalue weighted by molar-refractivity contribution is 0.0887. The van der Waals surface area contributed by atoms with E-state index < -0.39 is 0 Å². The molecule has 1 saturated heterocycles. The first-order valence-corrected chi connectivity index (χ1v) is 11.1. The number of hydrogen-bond donors (Lipinski definition) is 1. The molecule has 0 bridgehead atoms. The smallest absolute Gasteiger partial charge is 0.273 e. The van der Waals surface area contributed by atoms with Crippen molar-refractivity contribution in [3.63, 3.8) is 0 Å². The second kappa shape index (κ2) is 9.08. The molecule has 0 spiro atoms. The average Bonchev–Trinajstić information content (AvgIpc) is 3.53. The van der Waals surface area contributed by atoms with E-state index in [0.29, 0.717) is 37.0 Å². The van der Waals surface area contributed by atoms with Gasteiger partial charge in [-0.25, -0.2) is 0 Å². The van der Waals surface area contributed by atoms with E-state index in [4.69, 9.17) is 18.4 Å². The number of carbonyl (C=O) groups excluding carboxylic acids is 1. The van der Waals surface area contributed by atoms with Gasteiger partial charge in [-0.1, -0.05) is 12.1 Å². The molecule has 8 nitrogen and oxygen atoms in total. The van der Waals surface area contributed by atoms with Crippen LogP contribution in [0.4, 0.5) is 0 Å². The van der Waals surface area contributed by atoms with Gasteiger partial charge in [0.2, 0.25) is 0 Å². The van der Waals surface area contributed by atoms with Gasteiger partial charge in [0.25, 0.3) is 5.91 Å². The number of benzene rings is 1. The Balaban J connectivity index is 1.26. The number of nitrogens with one attached hydrogen (secondary N) is 1. The van der Waals surface area contributed by atoms with Gasteiger partial charge in [-0.3, -0.25) is 9.69 Å². The molecule has 0 radical (unpaired) electrons. The molecule has 1 aromatic carbocycles. The first kappa shape index (κ1) is 20.6. The minimum atomic E-state index is -0.278. The summed E-state index contributed by atoms with van der Waals surface area (Å²) in [6, 6.07) is 11.0. The molecule has 2 aliphatic heterocycles. The molecule has 1 atom stereocenters. The Bertz CT molecular complexity index is 1050. The lowest BCUT2D eigenvalue weighted by Gasteiger charge is -2.35. The minimum absolute atomic E-state index is 0.00869. The van der Waals surface area contributed by atoms with Crippen LogP contribution in [0, 0.1) is 5.92 Å². The van der Waals surface area contributed by atoms with E-state index >= 15 is 0 Å². The van der Waals surface area contributed by atoms with Gasteiger partial charge in [-0.15, -0.1) is 0 Å². The number of furan rings is 1. The molecule has 168 valence electrons. The standard InChI is InChI=1S/C24H27N3O5/c1-16-6-8-27(9-7-16)19(20-3-2-10-29-20)15-25-24(28)18-14-22(32-26-18)17-4-5-21-23(13-17)31-12-11-30-21/h2-5,10,13-14,16,19H,6-9,11-12,15H2,1H3,(H,25,28). The van der Waals surface area contributed by atoms with Crippen LogP contribution in [0.3, 0.4) is 0 Å². The highest BCUT2D eigenvalue weighted by molar-refractivity contribution is 5.93. The van der Waals surface area contributed by atoms with Crippen LogP contribution >= 0.6 is 0 Å². The summed E-state index contributed by atoms with van der Waals surface area (Å²) < 4.78 is 22.3. The van der Waals surface area contributed by atoms with E-state index in [-0.39, 0.29) is 17.6 Å². The monoisotopic (exact) mass is 437 g/mol. The van der Waals surface area contributed by atoms with Crippen molar-refractivity contribution in [2.24, 2.45) is 5.92 Å². The maximum atomic E-state index is 12.8. The van der Waals surface area contributed by atoms with Gasteiger partial charge in [0.15, 0.2) is 23.0 Å². The Morgan fingerprint density at radius 1 is 1.16 bits per heavy atom. The van der Waals surface area contributed by atoms with Crippen LogP contribution in [-0.4, -0.2) is 48.8 Å². The van der Waals surface area contributed by atoms with Crippen molar-refractivity contribution >= 4 is 5.91 Å². The molecular formula is C24H27N3O5. The minimum Gasteiger partial charge on any atom is -0.486 e. The fourth-order valence-electron chi connectivity index (χ4n) is 4.23. The van der Waals surface area contributed by atoms with Gasteiger partial charge < -0.3 is 23.7 Å². The Kier molecular flexibility index (Phi) is 5.85. The number of amides is 1. The summed E-state index contributed by atoms with van der Waals surface area (Å²) in [4.78, 5) is 15.2. The van der Waals surface area contributed by atoms with Crippen LogP contribution < -0.4 is 14.8 Å². The quantitative estimate of drug-likeness (QED) is 0.625. The zero-order valence-electron chi connectivity index (χ0n) is 18.1. The van der Waals surface area contributed by atoms with Gasteiger partial charge in [-0.05, 0) is 62.2 Å². The molecule has 0 aliphatic carbocycles. The molecule has 1 N–H and O–H groups in total. The average molecular weight is 437 g/mol. The molecule has 32 heavy (non-hydrogen) atoms. The summed E-state index contributed by atoms with van der Waals surface area (Å²) in [5, 5.41) is 6.97. The van der Waals surface area contributed by atoms with Crippen LogP contribution in [0.5, 0.6) is 11.5 Å². The zero-order valence-corrected chi connectivity index (χ0v) is 18.1. The summed E-state index contributed by atoms with van der Waals surface area (Å²) >= 11 is 0. The SMILES string of the molecule is CC1CCN(C(CNC(=O)c2cc(-c3ccc4c(c3)OCCO4)on2)c2ccco2)CC1. The van der Waals surface area contributed by atoms with Gasteiger partial charge in [0.1, 0.15) is 19.0 Å². The van der Waals surface area contributed by atoms with Gasteiger partial charge in [0.05, 0.1) is 12.3 Å². The number of carbonyl (C=O) groups is 1. The normalized spacial score (nSPS) is 17.8. The molecule has 1 unspecified atom stereocenters. The highest BCUT2D eigenvalue weighted by Crippen LogP contribution is 2.34. The molecule has 0 saturated carbocycles. The third kappa shape index (κ3) is 4.36. The second-order valence-electron chi connectivity index (χ2n) is 8.39. The number of piperidine rings is 1. The second-order valence-corrected chi connectivity index (χ2v) is 8.39. The van der Waals surface area contributed by atoms with Gasteiger partial charge in [-0.2, -0.15) is 0 Å². The highest BCUT2D eigenvalue weighted by Gasteiger charge is 2.27. The summed E-state index contributed by atoms with van der Waals surface area (Å²) in [5.74, 6) is 3.17. The lowest BCUT2D eigenvalue weighted by atomic mass is 9.97. The van der Waals surface area contributed by atoms with Crippen LogP contribution in [0.2, 0.25) is 0 Å². The van der Waals surface area contributed by atoms with Crippen molar-refractivity contribution < 1.29 is 23.2 Å². The Morgan fingerprint density at radius 3 is 2.75 bits per heavy atom. The Hall–Kier alpha value is -3.26. The van der Waals surface area contributed by atoms with Gasteiger partial charge >= 0.3 is 0 Å². The molecule has 4 heterocycles. The fraction of sp³-hybridized carbons (Fsp3) is 0.417. The largest absolute Gasteiger partial charge is 0.486 e. The molecular weight excluding hydrogens is 410 g/mol. The van der Waals surface area contributed by atoms with Crippen LogP contribution in [0.15, 0.2) is 51.6 Å². The van der Waals surface area contributed by atoms with E-state index in [2.05, 4.69) is 22.3 Å². The summed E-state index contributed by atoms with van der Waals surface area (Å²) in [7, 11) is 0. The fourth-order valence-corrected chi connectivity index (χ4v) is 4.23. The van der Waals surface area contributed by atoms with E-state index in [1.807, 2.05) is 30.3 Å². The van der Waals surface area contributed by atoms with E-state index in [0.717, 1.165) is 43.2 Å². The van der Waals surface area contributed by atoms with Crippen molar-refractivity contribution in [1.29, 1.82) is 0 Å². The number of aromatic nitrogens is 1. The molecule has 3 aromatic rings. The van der Waals surface area contributed by atoms with Crippen LogP contribution in [0.1, 0.15) is 42.1 Å². The van der Waals surface area contributed by atoms with Crippen molar-refractivity contribution in [3.05, 3.63) is 54.1 Å².